The van der Waals surface area contributed by atoms with E-state index in [1.54, 1.807) is 43.5 Å². The van der Waals surface area contributed by atoms with Crippen molar-refractivity contribution in [3.8, 4) is 5.69 Å². The smallest absolute Gasteiger partial charge is 0.352 e. The summed E-state index contributed by atoms with van der Waals surface area (Å²) >= 11 is 1.32. The Bertz CT molecular complexity index is 1090. The van der Waals surface area contributed by atoms with Gasteiger partial charge in [-0.1, -0.05) is 12.1 Å². The van der Waals surface area contributed by atoms with Gasteiger partial charge in [-0.3, -0.25) is 9.59 Å². The second-order valence-corrected chi connectivity index (χ2v) is 8.24. The van der Waals surface area contributed by atoms with E-state index in [1.165, 1.54) is 22.1 Å². The van der Waals surface area contributed by atoms with Gasteiger partial charge in [0.25, 0.3) is 5.91 Å². The minimum Gasteiger partial charge on any atom is -0.352 e. The van der Waals surface area contributed by atoms with Gasteiger partial charge in [-0.2, -0.15) is 18.3 Å². The Kier molecular flexibility index (Phi) is 7.34. The van der Waals surface area contributed by atoms with E-state index >= 15 is 0 Å². The SMILES string of the molecule is Cc1cc(C)n(-c2ccc(CNC(=O)CCCNC(=O)c3cccs3)c(C(F)(F)F)c2)n1. The molecule has 0 fully saturated rings. The zero-order valence-corrected chi connectivity index (χ0v) is 18.4. The van der Waals surface area contributed by atoms with Crippen molar-refractivity contribution in [2.45, 2.75) is 39.4 Å². The highest BCUT2D eigenvalue weighted by Crippen LogP contribution is 2.33. The summed E-state index contributed by atoms with van der Waals surface area (Å²) < 4.78 is 42.4. The van der Waals surface area contributed by atoms with Crippen LogP contribution in [0.2, 0.25) is 0 Å². The van der Waals surface area contributed by atoms with Gasteiger partial charge in [0.1, 0.15) is 0 Å². The molecule has 32 heavy (non-hydrogen) atoms. The highest BCUT2D eigenvalue weighted by molar-refractivity contribution is 7.12. The van der Waals surface area contributed by atoms with Gasteiger partial charge in [-0.15, -0.1) is 11.3 Å². The maximum Gasteiger partial charge on any atom is 0.416 e. The Morgan fingerprint density at radius 3 is 2.53 bits per heavy atom. The van der Waals surface area contributed by atoms with Crippen LogP contribution in [-0.2, 0) is 17.5 Å². The largest absolute Gasteiger partial charge is 0.416 e. The average molecular weight is 465 g/mol. The topological polar surface area (TPSA) is 76.0 Å². The van der Waals surface area contributed by atoms with Crippen molar-refractivity contribution in [3.05, 3.63) is 69.2 Å². The molecule has 2 heterocycles. The third-order valence-corrected chi connectivity index (χ3v) is 5.61. The molecule has 0 bridgehead atoms. The first-order chi connectivity index (χ1) is 15.1. The Morgan fingerprint density at radius 2 is 1.91 bits per heavy atom. The van der Waals surface area contributed by atoms with Crippen LogP contribution in [0.15, 0.2) is 41.8 Å². The zero-order chi connectivity index (χ0) is 23.3. The van der Waals surface area contributed by atoms with E-state index in [2.05, 4.69) is 15.7 Å². The molecule has 170 valence electrons. The molecule has 3 aromatic rings. The van der Waals surface area contributed by atoms with Crippen LogP contribution in [-0.4, -0.2) is 28.1 Å². The van der Waals surface area contributed by atoms with Gasteiger partial charge in [0.2, 0.25) is 5.91 Å². The molecule has 0 saturated carbocycles. The van der Waals surface area contributed by atoms with Crippen molar-refractivity contribution >= 4 is 23.2 Å². The van der Waals surface area contributed by atoms with Gasteiger partial charge in [-0.25, -0.2) is 4.68 Å². The number of aromatic nitrogens is 2. The molecule has 0 atom stereocenters. The molecule has 10 heteroatoms. The Morgan fingerprint density at radius 1 is 1.12 bits per heavy atom. The number of carbonyl (C=O) groups excluding carboxylic acids is 2. The summed E-state index contributed by atoms with van der Waals surface area (Å²) in [5, 5.41) is 11.3. The fraction of sp³-hybridized carbons (Fsp3) is 0.318. The van der Waals surface area contributed by atoms with Crippen LogP contribution in [0.25, 0.3) is 5.69 Å². The summed E-state index contributed by atoms with van der Waals surface area (Å²) in [5.41, 5.74) is 0.898. The molecule has 6 nitrogen and oxygen atoms in total. The summed E-state index contributed by atoms with van der Waals surface area (Å²) in [6.45, 7) is 3.60. The first-order valence-electron chi connectivity index (χ1n) is 9.97. The van der Waals surface area contributed by atoms with Crippen molar-refractivity contribution in [2.75, 3.05) is 6.54 Å². The van der Waals surface area contributed by atoms with Gasteiger partial charge in [0, 0.05) is 25.2 Å². The highest BCUT2D eigenvalue weighted by atomic mass is 32.1. The van der Waals surface area contributed by atoms with Crippen LogP contribution in [0.4, 0.5) is 13.2 Å². The molecule has 0 aliphatic carbocycles. The summed E-state index contributed by atoms with van der Waals surface area (Å²) in [5.74, 6) is -0.593. The lowest BCUT2D eigenvalue weighted by atomic mass is 10.1. The Balaban J connectivity index is 1.57. The standard InChI is InChI=1S/C22H23F3N4O2S/c1-14-11-15(2)29(28-14)17-8-7-16(18(12-17)22(23,24)25)13-27-20(30)6-3-9-26-21(31)19-5-4-10-32-19/h4-5,7-8,10-12H,3,6,9,13H2,1-2H3,(H,26,31)(H,27,30). The average Bonchev–Trinajstić information content (AvgIpc) is 3.38. The first kappa shape index (κ1) is 23.5. The monoisotopic (exact) mass is 464 g/mol. The molecule has 0 aliphatic rings. The molecule has 2 N–H and O–H groups in total. The van der Waals surface area contributed by atoms with E-state index in [9.17, 15) is 22.8 Å². The van der Waals surface area contributed by atoms with E-state index in [0.29, 0.717) is 29.2 Å². The molecular formula is C22H23F3N4O2S. The number of aryl methyl sites for hydroxylation is 2. The molecule has 2 aromatic heterocycles. The van der Waals surface area contributed by atoms with Gasteiger partial charge in [0.05, 0.1) is 21.8 Å². The van der Waals surface area contributed by atoms with Crippen molar-refractivity contribution < 1.29 is 22.8 Å². The summed E-state index contributed by atoms with van der Waals surface area (Å²) in [6, 6.07) is 9.20. The lowest BCUT2D eigenvalue weighted by Crippen LogP contribution is -2.27. The lowest BCUT2D eigenvalue weighted by molar-refractivity contribution is -0.138. The third kappa shape index (κ3) is 5.97. The van der Waals surface area contributed by atoms with E-state index in [4.69, 9.17) is 0 Å². The van der Waals surface area contributed by atoms with Gasteiger partial charge in [-0.05, 0) is 55.5 Å². The highest BCUT2D eigenvalue weighted by Gasteiger charge is 2.34. The number of carbonyl (C=O) groups is 2. The van der Waals surface area contributed by atoms with Gasteiger partial charge in [0.15, 0.2) is 0 Å². The number of nitrogens with one attached hydrogen (secondary N) is 2. The Labute approximate surface area is 187 Å². The number of hydrogen-bond acceptors (Lipinski definition) is 4. The molecule has 0 unspecified atom stereocenters. The number of hydrogen-bond donors (Lipinski definition) is 2. The summed E-state index contributed by atoms with van der Waals surface area (Å²) in [7, 11) is 0. The normalized spacial score (nSPS) is 11.4. The van der Waals surface area contributed by atoms with Crippen LogP contribution in [0.5, 0.6) is 0 Å². The Hall–Kier alpha value is -3.14. The second kappa shape index (κ2) is 9.99. The van der Waals surface area contributed by atoms with Crippen molar-refractivity contribution in [1.29, 1.82) is 0 Å². The number of halogens is 3. The predicted molar refractivity (Wildman–Crippen MR) is 116 cm³/mol. The molecule has 0 saturated heterocycles. The maximum atomic E-state index is 13.6. The first-order valence-corrected chi connectivity index (χ1v) is 10.9. The second-order valence-electron chi connectivity index (χ2n) is 7.29. The van der Waals surface area contributed by atoms with Crippen molar-refractivity contribution in [2.24, 2.45) is 0 Å². The minimum absolute atomic E-state index is 0.0258. The number of amides is 2. The molecule has 0 spiro atoms. The van der Waals surface area contributed by atoms with Crippen LogP contribution in [0.3, 0.4) is 0 Å². The number of nitrogens with zero attached hydrogens (tertiary/aromatic N) is 2. The van der Waals surface area contributed by atoms with Crippen LogP contribution < -0.4 is 10.6 Å². The van der Waals surface area contributed by atoms with Crippen molar-refractivity contribution in [1.82, 2.24) is 20.4 Å². The summed E-state index contributed by atoms with van der Waals surface area (Å²) in [4.78, 5) is 24.5. The molecular weight excluding hydrogens is 441 g/mol. The van der Waals surface area contributed by atoms with Crippen LogP contribution in [0.1, 0.15) is 45.0 Å². The molecule has 0 radical (unpaired) electrons. The fourth-order valence-electron chi connectivity index (χ4n) is 3.23. The minimum atomic E-state index is -4.57. The lowest BCUT2D eigenvalue weighted by Gasteiger charge is -2.16. The quantitative estimate of drug-likeness (QED) is 0.486. The maximum absolute atomic E-state index is 13.6. The number of rotatable bonds is 8. The van der Waals surface area contributed by atoms with Crippen LogP contribution >= 0.6 is 11.3 Å². The van der Waals surface area contributed by atoms with E-state index in [-0.39, 0.29) is 30.3 Å². The van der Waals surface area contributed by atoms with E-state index < -0.39 is 11.7 Å². The fourth-order valence-corrected chi connectivity index (χ4v) is 3.87. The van der Waals surface area contributed by atoms with Gasteiger partial charge < -0.3 is 10.6 Å². The molecule has 2 amide bonds. The molecule has 3 rings (SSSR count). The van der Waals surface area contributed by atoms with E-state index in [0.717, 1.165) is 11.8 Å². The zero-order valence-electron chi connectivity index (χ0n) is 17.6. The van der Waals surface area contributed by atoms with E-state index in [1.807, 2.05) is 0 Å². The third-order valence-electron chi connectivity index (χ3n) is 4.74. The number of alkyl halides is 3. The number of benzene rings is 1. The number of thiophene rings is 1. The molecule has 1 aromatic carbocycles. The predicted octanol–water partition coefficient (Wildman–Crippen LogP) is 4.40. The summed E-state index contributed by atoms with van der Waals surface area (Å²) in [6.07, 6.45) is -4.10. The van der Waals surface area contributed by atoms with Gasteiger partial charge >= 0.3 is 6.18 Å². The van der Waals surface area contributed by atoms with Crippen LogP contribution in [0, 0.1) is 13.8 Å². The molecule has 0 aliphatic heterocycles. The van der Waals surface area contributed by atoms with Crippen molar-refractivity contribution in [3.63, 3.8) is 0 Å².